The van der Waals surface area contributed by atoms with Crippen LogP contribution in [0.3, 0.4) is 0 Å². The summed E-state index contributed by atoms with van der Waals surface area (Å²) in [5, 5.41) is 12.7. The van der Waals surface area contributed by atoms with Gasteiger partial charge in [0.2, 0.25) is 0 Å². The molecule has 5 nitrogen and oxygen atoms in total. The first-order valence-electron chi connectivity index (χ1n) is 7.29. The monoisotopic (exact) mass is 310 g/mol. The van der Waals surface area contributed by atoms with Crippen molar-refractivity contribution in [2.45, 2.75) is 25.8 Å². The fourth-order valence-electron chi connectivity index (χ4n) is 2.93. The van der Waals surface area contributed by atoms with Crippen molar-refractivity contribution in [1.29, 1.82) is 0 Å². The second kappa shape index (κ2) is 7.00. The topological polar surface area (TPSA) is 65.1 Å². The third-order valence-electron chi connectivity index (χ3n) is 4.03. The van der Waals surface area contributed by atoms with Crippen LogP contribution in [0.5, 0.6) is 0 Å². The summed E-state index contributed by atoms with van der Waals surface area (Å²) in [7, 11) is 2.15. The van der Waals surface area contributed by atoms with Crippen LogP contribution in [-0.4, -0.2) is 48.7 Å². The Kier molecular flexibility index (Phi) is 5.31. The van der Waals surface area contributed by atoms with E-state index < -0.39 is 0 Å². The normalized spacial score (nSPS) is 21.4. The third-order valence-corrected chi connectivity index (χ3v) is 4.26. The fourth-order valence-corrected chi connectivity index (χ4v) is 3.10. The zero-order valence-corrected chi connectivity index (χ0v) is 13.3. The van der Waals surface area contributed by atoms with Gasteiger partial charge in [0, 0.05) is 35.4 Å². The molecule has 6 heteroatoms. The SMILES string of the molecule is CCC1CN(C)CCCN1c1ccc(Cl)cc1/C(N)=N/O. The first-order valence-corrected chi connectivity index (χ1v) is 7.67. The highest BCUT2D eigenvalue weighted by atomic mass is 35.5. The molecule has 0 bridgehead atoms. The van der Waals surface area contributed by atoms with E-state index in [0.29, 0.717) is 16.6 Å². The van der Waals surface area contributed by atoms with Crippen molar-refractivity contribution >= 4 is 23.1 Å². The van der Waals surface area contributed by atoms with Gasteiger partial charge in [-0.3, -0.25) is 0 Å². The summed E-state index contributed by atoms with van der Waals surface area (Å²) in [4.78, 5) is 4.71. The van der Waals surface area contributed by atoms with Crippen LogP contribution in [0, 0.1) is 0 Å². The minimum atomic E-state index is 0.0972. The number of anilines is 1. The van der Waals surface area contributed by atoms with Crippen LogP contribution in [-0.2, 0) is 0 Å². The average molecular weight is 311 g/mol. The van der Waals surface area contributed by atoms with Crippen molar-refractivity contribution in [1.82, 2.24) is 4.90 Å². The molecule has 21 heavy (non-hydrogen) atoms. The number of rotatable bonds is 3. The lowest BCUT2D eigenvalue weighted by Crippen LogP contribution is -2.40. The zero-order valence-electron chi connectivity index (χ0n) is 12.6. The minimum absolute atomic E-state index is 0.0972. The van der Waals surface area contributed by atoms with E-state index in [9.17, 15) is 0 Å². The molecule has 1 fully saturated rings. The Morgan fingerprint density at radius 2 is 2.24 bits per heavy atom. The molecule has 1 heterocycles. The number of hydrogen-bond donors (Lipinski definition) is 2. The van der Waals surface area contributed by atoms with Gasteiger partial charge in [-0.05, 0) is 44.6 Å². The number of hydrogen-bond acceptors (Lipinski definition) is 4. The Hall–Kier alpha value is -1.46. The predicted octanol–water partition coefficient (Wildman–Crippen LogP) is 2.35. The van der Waals surface area contributed by atoms with Crippen LogP contribution < -0.4 is 10.6 Å². The standard InChI is InChI=1S/C15H23ClN4O/c1-3-12-10-19(2)7-4-8-20(12)14-6-5-11(16)9-13(14)15(17)18-21/h5-6,9,12,21H,3-4,7-8,10H2,1-2H3,(H2,17,18). The molecule has 3 N–H and O–H groups in total. The van der Waals surface area contributed by atoms with Crippen LogP contribution in [0.1, 0.15) is 25.3 Å². The molecule has 116 valence electrons. The van der Waals surface area contributed by atoms with Gasteiger partial charge in [-0.2, -0.15) is 0 Å². The van der Waals surface area contributed by atoms with E-state index >= 15 is 0 Å². The van der Waals surface area contributed by atoms with Gasteiger partial charge in [-0.15, -0.1) is 0 Å². The second-order valence-corrected chi connectivity index (χ2v) is 5.95. The van der Waals surface area contributed by atoms with Gasteiger partial charge in [0.1, 0.15) is 0 Å². The zero-order chi connectivity index (χ0) is 15.4. The van der Waals surface area contributed by atoms with E-state index in [4.69, 9.17) is 22.5 Å². The number of benzene rings is 1. The van der Waals surface area contributed by atoms with Gasteiger partial charge < -0.3 is 20.7 Å². The lowest BCUT2D eigenvalue weighted by molar-refractivity contribution is 0.318. The maximum atomic E-state index is 9.02. The summed E-state index contributed by atoms with van der Waals surface area (Å²) in [6, 6.07) is 5.98. The summed E-state index contributed by atoms with van der Waals surface area (Å²) in [6.07, 6.45) is 2.13. The molecule has 2 rings (SSSR count). The lowest BCUT2D eigenvalue weighted by Gasteiger charge is -2.33. The van der Waals surface area contributed by atoms with E-state index in [1.807, 2.05) is 12.1 Å². The molecule has 1 unspecified atom stereocenters. The van der Waals surface area contributed by atoms with Crippen LogP contribution in [0.15, 0.2) is 23.4 Å². The van der Waals surface area contributed by atoms with E-state index in [1.165, 1.54) is 0 Å². The van der Waals surface area contributed by atoms with Crippen LogP contribution in [0.25, 0.3) is 0 Å². The highest BCUT2D eigenvalue weighted by Gasteiger charge is 2.25. The van der Waals surface area contributed by atoms with E-state index in [2.05, 4.69) is 28.9 Å². The molecule has 1 aromatic rings. The molecule has 0 aromatic heterocycles. The smallest absolute Gasteiger partial charge is 0.172 e. The molecule has 0 spiro atoms. The molecule has 0 aliphatic carbocycles. The number of halogens is 1. The van der Waals surface area contributed by atoms with Crippen LogP contribution in [0.2, 0.25) is 5.02 Å². The summed E-state index contributed by atoms with van der Waals surface area (Å²) in [5.41, 5.74) is 7.50. The number of nitrogens with zero attached hydrogens (tertiary/aromatic N) is 3. The largest absolute Gasteiger partial charge is 0.409 e. The van der Waals surface area contributed by atoms with Crippen molar-refractivity contribution in [3.63, 3.8) is 0 Å². The van der Waals surface area contributed by atoms with Crippen molar-refractivity contribution in [2.24, 2.45) is 10.9 Å². The summed E-state index contributed by atoms with van der Waals surface area (Å²) in [5.74, 6) is 0.0972. The van der Waals surface area contributed by atoms with Gasteiger partial charge in [0.15, 0.2) is 5.84 Å². The molecule has 1 aromatic carbocycles. The molecule has 1 saturated heterocycles. The summed E-state index contributed by atoms with van der Waals surface area (Å²) >= 11 is 6.06. The highest BCUT2D eigenvalue weighted by Crippen LogP contribution is 2.28. The van der Waals surface area contributed by atoms with Crippen molar-refractivity contribution < 1.29 is 5.21 Å². The first-order chi connectivity index (χ1) is 10.1. The van der Waals surface area contributed by atoms with Gasteiger partial charge in [0.05, 0.1) is 0 Å². The van der Waals surface area contributed by atoms with Gasteiger partial charge in [-0.1, -0.05) is 23.7 Å². The van der Waals surface area contributed by atoms with Gasteiger partial charge >= 0.3 is 0 Å². The Bertz CT molecular complexity index is 520. The maximum absolute atomic E-state index is 9.02. The summed E-state index contributed by atoms with van der Waals surface area (Å²) in [6.45, 7) is 5.24. The van der Waals surface area contributed by atoms with Crippen molar-refractivity contribution in [3.8, 4) is 0 Å². The highest BCUT2D eigenvalue weighted by molar-refractivity contribution is 6.31. The summed E-state index contributed by atoms with van der Waals surface area (Å²) < 4.78 is 0. The molecule has 0 saturated carbocycles. The van der Waals surface area contributed by atoms with Crippen LogP contribution in [0.4, 0.5) is 5.69 Å². The second-order valence-electron chi connectivity index (χ2n) is 5.52. The number of nitrogens with two attached hydrogens (primary N) is 1. The van der Waals surface area contributed by atoms with Crippen LogP contribution >= 0.6 is 11.6 Å². The average Bonchev–Trinajstić information content (AvgIpc) is 2.67. The van der Waals surface area contributed by atoms with Crippen molar-refractivity contribution in [3.05, 3.63) is 28.8 Å². The van der Waals surface area contributed by atoms with Gasteiger partial charge in [0.25, 0.3) is 0 Å². The number of amidine groups is 1. The minimum Gasteiger partial charge on any atom is -0.409 e. The molecule has 1 atom stereocenters. The predicted molar refractivity (Wildman–Crippen MR) is 87.5 cm³/mol. The number of oxime groups is 1. The molecular weight excluding hydrogens is 288 g/mol. The molecular formula is C15H23ClN4O. The third kappa shape index (κ3) is 3.60. The van der Waals surface area contributed by atoms with Gasteiger partial charge in [-0.25, -0.2) is 0 Å². The Morgan fingerprint density at radius 3 is 2.90 bits per heavy atom. The van der Waals surface area contributed by atoms with E-state index in [0.717, 1.165) is 38.2 Å². The Balaban J connectivity index is 2.43. The maximum Gasteiger partial charge on any atom is 0.172 e. The first kappa shape index (κ1) is 15.9. The number of likely N-dealkylation sites (N-methyl/N-ethyl adjacent to an activating group) is 1. The molecule has 0 amide bonds. The van der Waals surface area contributed by atoms with E-state index in [-0.39, 0.29) is 5.84 Å². The lowest BCUT2D eigenvalue weighted by atomic mass is 10.1. The van der Waals surface area contributed by atoms with E-state index in [1.54, 1.807) is 6.07 Å². The quantitative estimate of drug-likeness (QED) is 0.389. The Morgan fingerprint density at radius 1 is 1.48 bits per heavy atom. The fraction of sp³-hybridized carbons (Fsp3) is 0.533. The molecule has 1 aliphatic heterocycles. The Labute approximate surface area is 131 Å². The van der Waals surface area contributed by atoms with Crippen molar-refractivity contribution in [2.75, 3.05) is 31.6 Å². The molecule has 1 aliphatic rings. The molecule has 0 radical (unpaired) electrons.